The van der Waals surface area contributed by atoms with Gasteiger partial charge in [-0.25, -0.2) is 0 Å². The lowest BCUT2D eigenvalue weighted by molar-refractivity contribution is 0.0846. The molecular formula is C18H18BrClN2O4. The van der Waals surface area contributed by atoms with Crippen LogP contribution in [0.3, 0.4) is 0 Å². The zero-order chi connectivity index (χ0) is 19.3. The predicted molar refractivity (Wildman–Crippen MR) is 103 cm³/mol. The summed E-state index contributed by atoms with van der Waals surface area (Å²) in [6.45, 7) is 3.78. The maximum Gasteiger partial charge on any atom is 0.271 e. The number of ether oxygens (including phenoxy) is 2. The third-order valence-electron chi connectivity index (χ3n) is 3.25. The summed E-state index contributed by atoms with van der Waals surface area (Å²) in [6.07, 6.45) is -0.0298. The van der Waals surface area contributed by atoms with Crippen molar-refractivity contribution in [3.63, 3.8) is 0 Å². The molecule has 0 aliphatic rings. The van der Waals surface area contributed by atoms with E-state index in [1.807, 2.05) is 13.8 Å². The number of hydrazine groups is 1. The lowest BCUT2D eigenvalue weighted by Crippen LogP contribution is -2.41. The van der Waals surface area contributed by atoms with Crippen molar-refractivity contribution in [2.75, 3.05) is 7.11 Å². The monoisotopic (exact) mass is 440 g/mol. The Labute approximate surface area is 164 Å². The summed E-state index contributed by atoms with van der Waals surface area (Å²) in [4.78, 5) is 24.4. The fourth-order valence-corrected chi connectivity index (χ4v) is 2.65. The summed E-state index contributed by atoms with van der Waals surface area (Å²) in [6, 6.07) is 9.61. The van der Waals surface area contributed by atoms with Gasteiger partial charge in [0.1, 0.15) is 0 Å². The normalized spacial score (nSPS) is 10.4. The number of amides is 2. The van der Waals surface area contributed by atoms with Crippen molar-refractivity contribution in [2.45, 2.75) is 20.0 Å². The van der Waals surface area contributed by atoms with Gasteiger partial charge in [0.15, 0.2) is 11.5 Å². The zero-order valence-corrected chi connectivity index (χ0v) is 16.8. The number of carbonyl (C=O) groups is 2. The Morgan fingerprint density at radius 1 is 1.04 bits per heavy atom. The first-order valence-corrected chi connectivity index (χ1v) is 8.89. The van der Waals surface area contributed by atoms with Gasteiger partial charge in [0.2, 0.25) is 0 Å². The Morgan fingerprint density at radius 2 is 1.73 bits per heavy atom. The Morgan fingerprint density at radius 3 is 2.38 bits per heavy atom. The van der Waals surface area contributed by atoms with Gasteiger partial charge in [-0.05, 0) is 50.2 Å². The third-order valence-corrected chi connectivity index (χ3v) is 4.07. The molecule has 138 valence electrons. The maximum atomic E-state index is 12.3. The van der Waals surface area contributed by atoms with Gasteiger partial charge in [0, 0.05) is 10.0 Å². The largest absolute Gasteiger partial charge is 0.493 e. The number of nitrogens with one attached hydrogen (secondary N) is 2. The van der Waals surface area contributed by atoms with E-state index in [0.29, 0.717) is 21.5 Å². The second-order valence-electron chi connectivity index (χ2n) is 5.56. The van der Waals surface area contributed by atoms with Gasteiger partial charge in [-0.1, -0.05) is 27.5 Å². The molecule has 2 aromatic rings. The molecular weight excluding hydrogens is 424 g/mol. The van der Waals surface area contributed by atoms with Crippen molar-refractivity contribution in [2.24, 2.45) is 0 Å². The molecule has 0 heterocycles. The highest BCUT2D eigenvalue weighted by atomic mass is 79.9. The fourth-order valence-electron chi connectivity index (χ4n) is 2.08. The van der Waals surface area contributed by atoms with Crippen molar-refractivity contribution in [3.8, 4) is 11.5 Å². The Bertz CT molecular complexity index is 827. The number of halogens is 2. The first-order valence-electron chi connectivity index (χ1n) is 7.72. The highest BCUT2D eigenvalue weighted by Crippen LogP contribution is 2.29. The summed E-state index contributed by atoms with van der Waals surface area (Å²) in [7, 11) is 1.49. The van der Waals surface area contributed by atoms with Crippen molar-refractivity contribution >= 4 is 39.3 Å². The average molecular weight is 442 g/mol. The van der Waals surface area contributed by atoms with Crippen LogP contribution in [0.2, 0.25) is 5.02 Å². The molecule has 2 rings (SSSR count). The van der Waals surface area contributed by atoms with Crippen LogP contribution in [0.1, 0.15) is 34.6 Å². The van der Waals surface area contributed by atoms with E-state index in [-0.39, 0.29) is 16.7 Å². The minimum Gasteiger partial charge on any atom is -0.493 e. The molecule has 0 fully saturated rings. The SMILES string of the molecule is COc1cc(C(=O)NNC(=O)c2cc(Br)ccc2Cl)ccc1OC(C)C. The number of benzene rings is 2. The lowest BCUT2D eigenvalue weighted by Gasteiger charge is -2.14. The van der Waals surface area contributed by atoms with E-state index >= 15 is 0 Å². The smallest absolute Gasteiger partial charge is 0.271 e. The first kappa shape index (κ1) is 20.1. The highest BCUT2D eigenvalue weighted by Gasteiger charge is 2.15. The zero-order valence-electron chi connectivity index (χ0n) is 14.4. The molecule has 0 saturated heterocycles. The fraction of sp³-hybridized carbons (Fsp3) is 0.222. The Kier molecular flexibility index (Phi) is 6.88. The van der Waals surface area contributed by atoms with Crippen LogP contribution in [0.5, 0.6) is 11.5 Å². The van der Waals surface area contributed by atoms with Gasteiger partial charge in [-0.15, -0.1) is 0 Å². The van der Waals surface area contributed by atoms with Gasteiger partial charge in [0.05, 0.1) is 23.8 Å². The number of carbonyl (C=O) groups excluding carboxylic acids is 2. The lowest BCUT2D eigenvalue weighted by atomic mass is 10.2. The highest BCUT2D eigenvalue weighted by molar-refractivity contribution is 9.10. The molecule has 0 saturated carbocycles. The molecule has 26 heavy (non-hydrogen) atoms. The van der Waals surface area contributed by atoms with Gasteiger partial charge in [0.25, 0.3) is 11.8 Å². The quantitative estimate of drug-likeness (QED) is 0.688. The average Bonchev–Trinajstić information content (AvgIpc) is 2.61. The van der Waals surface area contributed by atoms with E-state index in [2.05, 4.69) is 26.8 Å². The Hall–Kier alpha value is -2.25. The predicted octanol–water partition coefficient (Wildman–Crippen LogP) is 3.97. The van der Waals surface area contributed by atoms with Crippen molar-refractivity contribution in [1.82, 2.24) is 10.9 Å². The maximum absolute atomic E-state index is 12.3. The van der Waals surface area contributed by atoms with Crippen LogP contribution in [0.4, 0.5) is 0 Å². The van der Waals surface area contributed by atoms with Crippen LogP contribution < -0.4 is 20.3 Å². The van der Waals surface area contributed by atoms with Crippen molar-refractivity contribution < 1.29 is 19.1 Å². The molecule has 0 aromatic heterocycles. The van der Waals surface area contributed by atoms with E-state index in [9.17, 15) is 9.59 Å². The molecule has 0 atom stereocenters. The molecule has 8 heteroatoms. The van der Waals surface area contributed by atoms with Crippen LogP contribution in [-0.4, -0.2) is 25.0 Å². The molecule has 0 unspecified atom stereocenters. The summed E-state index contributed by atoms with van der Waals surface area (Å²) in [5.74, 6) is -0.0769. The Balaban J connectivity index is 2.07. The third kappa shape index (κ3) is 5.12. The number of rotatable bonds is 5. The molecule has 0 radical (unpaired) electrons. The van der Waals surface area contributed by atoms with E-state index in [0.717, 1.165) is 0 Å². The molecule has 2 aromatic carbocycles. The van der Waals surface area contributed by atoms with Crippen LogP contribution in [0.25, 0.3) is 0 Å². The van der Waals surface area contributed by atoms with E-state index < -0.39 is 11.8 Å². The summed E-state index contributed by atoms with van der Waals surface area (Å²) in [5, 5.41) is 0.275. The van der Waals surface area contributed by atoms with Crippen LogP contribution in [0.15, 0.2) is 40.9 Å². The van der Waals surface area contributed by atoms with Gasteiger partial charge < -0.3 is 9.47 Å². The van der Waals surface area contributed by atoms with Gasteiger partial charge in [-0.3, -0.25) is 20.4 Å². The van der Waals surface area contributed by atoms with Crippen molar-refractivity contribution in [1.29, 1.82) is 0 Å². The second-order valence-corrected chi connectivity index (χ2v) is 6.89. The molecule has 0 aliphatic carbocycles. The van der Waals surface area contributed by atoms with E-state index in [1.165, 1.54) is 13.2 Å². The topological polar surface area (TPSA) is 76.7 Å². The second kappa shape index (κ2) is 8.91. The first-order chi connectivity index (χ1) is 12.3. The minimum atomic E-state index is -0.531. The summed E-state index contributed by atoms with van der Waals surface area (Å²) >= 11 is 9.27. The van der Waals surface area contributed by atoms with Crippen LogP contribution in [0, 0.1) is 0 Å². The molecule has 0 aliphatic heterocycles. The molecule has 0 spiro atoms. The summed E-state index contributed by atoms with van der Waals surface area (Å²) < 4.78 is 11.5. The number of methoxy groups -OCH3 is 1. The van der Waals surface area contributed by atoms with Crippen LogP contribution in [-0.2, 0) is 0 Å². The molecule has 2 amide bonds. The van der Waals surface area contributed by atoms with Gasteiger partial charge >= 0.3 is 0 Å². The number of hydrogen-bond donors (Lipinski definition) is 2. The summed E-state index contributed by atoms with van der Waals surface area (Å²) in [5.41, 5.74) is 5.22. The van der Waals surface area contributed by atoms with E-state index in [1.54, 1.807) is 30.3 Å². The van der Waals surface area contributed by atoms with E-state index in [4.69, 9.17) is 21.1 Å². The number of hydrogen-bond acceptors (Lipinski definition) is 4. The molecule has 6 nitrogen and oxygen atoms in total. The van der Waals surface area contributed by atoms with Crippen molar-refractivity contribution in [3.05, 3.63) is 57.0 Å². The molecule has 0 bridgehead atoms. The van der Waals surface area contributed by atoms with Gasteiger partial charge in [-0.2, -0.15) is 0 Å². The van der Waals surface area contributed by atoms with Crippen LogP contribution >= 0.6 is 27.5 Å². The molecule has 2 N–H and O–H groups in total. The minimum absolute atomic E-state index is 0.0298. The standard InChI is InChI=1S/C18H18BrClN2O4/c1-10(2)26-15-7-4-11(8-16(15)25-3)17(23)21-22-18(24)13-9-12(19)5-6-14(13)20/h4-10H,1-3H3,(H,21,23)(H,22,24).